The van der Waals surface area contributed by atoms with Gasteiger partial charge in [0.15, 0.2) is 0 Å². The topological polar surface area (TPSA) is 62.7 Å². The van der Waals surface area contributed by atoms with E-state index in [0.29, 0.717) is 0 Å². The van der Waals surface area contributed by atoms with Crippen LogP contribution in [0.25, 0.3) is 66.1 Å². The van der Waals surface area contributed by atoms with Crippen LogP contribution in [-0.4, -0.2) is 5.84 Å². The molecule has 0 bridgehead atoms. The molecule has 0 aliphatic carbocycles. The highest BCUT2D eigenvalue weighted by Crippen LogP contribution is 2.39. The maximum Gasteiger partial charge on any atom is 0.142 e. The van der Waals surface area contributed by atoms with Crippen molar-refractivity contribution in [2.24, 2.45) is 4.99 Å². The molecule has 238 valence electrons. The maximum atomic E-state index is 6.51. The van der Waals surface area contributed by atoms with E-state index >= 15 is 0 Å². The zero-order valence-electron chi connectivity index (χ0n) is 27.0. The molecule has 1 aliphatic heterocycles. The average Bonchev–Trinajstić information content (AvgIpc) is 3.77. The third kappa shape index (κ3) is 4.79. The van der Waals surface area contributed by atoms with E-state index in [-0.39, 0.29) is 12.3 Å². The van der Waals surface area contributed by atoms with Gasteiger partial charge >= 0.3 is 0 Å². The number of nitrogens with zero attached hydrogens (tertiary/aromatic N) is 1. The Balaban J connectivity index is 1.13. The molecule has 2 N–H and O–H groups in total. The van der Waals surface area contributed by atoms with Gasteiger partial charge in [0.05, 0.1) is 0 Å². The second kappa shape index (κ2) is 11.6. The third-order valence-corrected chi connectivity index (χ3v) is 9.77. The predicted molar refractivity (Wildman–Crippen MR) is 203 cm³/mol. The van der Waals surface area contributed by atoms with E-state index < -0.39 is 0 Å². The van der Waals surface area contributed by atoms with E-state index in [1.165, 1.54) is 0 Å². The quantitative estimate of drug-likeness (QED) is 0.195. The summed E-state index contributed by atoms with van der Waals surface area (Å²) in [6, 6.07) is 56.8. The zero-order valence-corrected chi connectivity index (χ0v) is 27.0. The van der Waals surface area contributed by atoms with Crippen LogP contribution in [-0.2, 0) is 0 Å². The van der Waals surface area contributed by atoms with E-state index in [2.05, 4.69) is 144 Å². The van der Waals surface area contributed by atoms with E-state index in [0.717, 1.165) is 88.7 Å². The average molecular weight is 646 g/mol. The van der Waals surface area contributed by atoms with Gasteiger partial charge in [0, 0.05) is 32.7 Å². The van der Waals surface area contributed by atoms with Crippen molar-refractivity contribution in [1.82, 2.24) is 10.6 Å². The second-order valence-electron chi connectivity index (χ2n) is 12.8. The lowest BCUT2D eigenvalue weighted by atomic mass is 9.98. The van der Waals surface area contributed by atoms with E-state index in [1.807, 2.05) is 30.3 Å². The Morgan fingerprint density at radius 2 is 1.16 bits per heavy atom. The van der Waals surface area contributed by atoms with Crippen LogP contribution in [0.15, 0.2) is 178 Å². The highest BCUT2D eigenvalue weighted by molar-refractivity contribution is 6.12. The number of hydrogen-bond acceptors (Lipinski definition) is 5. The molecule has 50 heavy (non-hydrogen) atoms. The first-order chi connectivity index (χ1) is 24.8. The minimum atomic E-state index is -0.352. The van der Waals surface area contributed by atoms with Gasteiger partial charge in [-0.2, -0.15) is 0 Å². The number of hydrogen-bond donors (Lipinski definition) is 2. The van der Waals surface area contributed by atoms with Crippen LogP contribution in [0.5, 0.6) is 0 Å². The summed E-state index contributed by atoms with van der Waals surface area (Å²) in [5.74, 6) is 0.812. The molecule has 5 nitrogen and oxygen atoms in total. The maximum absolute atomic E-state index is 6.51. The molecule has 1 aliphatic rings. The SMILES string of the molecule is c1ccc(-c2cccc(C3=NC(c4ccc5oc6cccc(-c7ccccc7)c6c5c4)NC(c4cccc5c4oc4ccccc45)N3)c2)cc1. The van der Waals surface area contributed by atoms with Gasteiger partial charge < -0.3 is 14.2 Å². The normalized spacial score (nSPS) is 16.2. The monoisotopic (exact) mass is 645 g/mol. The van der Waals surface area contributed by atoms with Gasteiger partial charge in [-0.15, -0.1) is 0 Å². The molecular formula is C45H31N3O2. The number of aliphatic imine (C=N–C) groups is 1. The standard InChI is InChI=1S/C45H31N3O2/c1-3-12-28(13-4-1)30-16-9-17-31(26-30)43-46-44(48-45(47-43)36-21-10-20-35-34-18-7-8-22-38(34)50-42(35)36)32-24-25-39-37(27-32)41-33(19-11-23-40(41)49-39)29-14-5-2-6-15-29/h1-27,44-45,48H,(H,46,47). The summed E-state index contributed by atoms with van der Waals surface area (Å²) in [6.45, 7) is 0. The number of fused-ring (bicyclic) bond motifs is 6. The minimum Gasteiger partial charge on any atom is -0.456 e. The smallest absolute Gasteiger partial charge is 0.142 e. The molecular weight excluding hydrogens is 615 g/mol. The third-order valence-electron chi connectivity index (χ3n) is 9.77. The summed E-state index contributed by atoms with van der Waals surface area (Å²) < 4.78 is 12.9. The van der Waals surface area contributed by atoms with Crippen molar-refractivity contribution in [3.8, 4) is 22.3 Å². The number of benzene rings is 7. The molecule has 0 radical (unpaired) electrons. The lowest BCUT2D eigenvalue weighted by Gasteiger charge is -2.32. The number of rotatable bonds is 5. The van der Waals surface area contributed by atoms with Gasteiger partial charge in [-0.3, -0.25) is 5.32 Å². The van der Waals surface area contributed by atoms with Gasteiger partial charge in [-0.05, 0) is 58.1 Å². The molecule has 7 aromatic carbocycles. The lowest BCUT2D eigenvalue weighted by Crippen LogP contribution is -2.45. The van der Waals surface area contributed by atoms with Crippen LogP contribution < -0.4 is 10.6 Å². The zero-order chi connectivity index (χ0) is 33.0. The molecule has 5 heteroatoms. The van der Waals surface area contributed by atoms with Crippen LogP contribution in [0.4, 0.5) is 0 Å². The summed E-state index contributed by atoms with van der Waals surface area (Å²) in [5, 5.41) is 11.9. The summed E-state index contributed by atoms with van der Waals surface area (Å²) in [5.41, 5.74) is 11.1. The van der Waals surface area contributed by atoms with Crippen molar-refractivity contribution in [2.45, 2.75) is 12.3 Å². The molecule has 2 unspecified atom stereocenters. The van der Waals surface area contributed by atoms with Gasteiger partial charge in [-0.25, -0.2) is 4.99 Å². The first-order valence-corrected chi connectivity index (χ1v) is 16.9. The van der Waals surface area contributed by atoms with Crippen molar-refractivity contribution in [3.63, 3.8) is 0 Å². The van der Waals surface area contributed by atoms with Crippen molar-refractivity contribution in [1.29, 1.82) is 0 Å². The molecule has 3 heterocycles. The first kappa shape index (κ1) is 28.6. The fourth-order valence-corrected chi connectivity index (χ4v) is 7.38. The van der Waals surface area contributed by atoms with Crippen molar-refractivity contribution in [2.75, 3.05) is 0 Å². The summed E-state index contributed by atoms with van der Waals surface area (Å²) >= 11 is 0. The van der Waals surface area contributed by atoms with Crippen LogP contribution in [0.3, 0.4) is 0 Å². The van der Waals surface area contributed by atoms with Gasteiger partial charge in [-0.1, -0.05) is 133 Å². The van der Waals surface area contributed by atoms with Crippen molar-refractivity contribution < 1.29 is 8.83 Å². The Morgan fingerprint density at radius 1 is 0.480 bits per heavy atom. The molecule has 0 saturated carbocycles. The largest absolute Gasteiger partial charge is 0.456 e. The fraction of sp³-hybridized carbons (Fsp3) is 0.0444. The Hall–Kier alpha value is -6.43. The second-order valence-corrected chi connectivity index (χ2v) is 12.8. The van der Waals surface area contributed by atoms with Crippen molar-refractivity contribution in [3.05, 3.63) is 180 Å². The molecule has 0 amide bonds. The Morgan fingerprint density at radius 3 is 2.04 bits per heavy atom. The highest BCUT2D eigenvalue weighted by Gasteiger charge is 2.29. The molecule has 10 rings (SSSR count). The Kier molecular flexibility index (Phi) is 6.64. The molecule has 0 saturated heterocycles. The number of nitrogens with one attached hydrogen (secondary N) is 2. The molecule has 2 aromatic heterocycles. The number of para-hydroxylation sites is 2. The van der Waals surface area contributed by atoms with E-state index in [9.17, 15) is 0 Å². The van der Waals surface area contributed by atoms with Gasteiger partial charge in [0.25, 0.3) is 0 Å². The fourth-order valence-electron chi connectivity index (χ4n) is 7.38. The molecule has 0 spiro atoms. The predicted octanol–water partition coefficient (Wildman–Crippen LogP) is 11.2. The van der Waals surface area contributed by atoms with Crippen molar-refractivity contribution >= 4 is 49.7 Å². The number of amidine groups is 1. The van der Waals surface area contributed by atoms with Gasteiger partial charge in [0.2, 0.25) is 0 Å². The minimum absolute atomic E-state index is 0.284. The van der Waals surface area contributed by atoms with Crippen LogP contribution in [0.2, 0.25) is 0 Å². The first-order valence-electron chi connectivity index (χ1n) is 16.9. The summed E-state index contributed by atoms with van der Waals surface area (Å²) in [6.07, 6.45) is -0.636. The lowest BCUT2D eigenvalue weighted by molar-refractivity contribution is 0.408. The number of furan rings is 2. The highest BCUT2D eigenvalue weighted by atomic mass is 16.3. The van der Waals surface area contributed by atoms with Crippen LogP contribution in [0.1, 0.15) is 29.0 Å². The van der Waals surface area contributed by atoms with E-state index in [1.54, 1.807) is 0 Å². The van der Waals surface area contributed by atoms with E-state index in [4.69, 9.17) is 13.8 Å². The molecule has 2 atom stereocenters. The van der Waals surface area contributed by atoms with Crippen LogP contribution in [0, 0.1) is 0 Å². The molecule has 9 aromatic rings. The molecule has 0 fully saturated rings. The summed E-state index contributed by atoms with van der Waals surface area (Å²) in [7, 11) is 0. The summed E-state index contributed by atoms with van der Waals surface area (Å²) in [4.78, 5) is 5.34. The Labute approximate surface area is 288 Å². The Bertz CT molecular complexity index is 2730. The van der Waals surface area contributed by atoms with Gasteiger partial charge in [0.1, 0.15) is 40.5 Å². The van der Waals surface area contributed by atoms with Crippen LogP contribution >= 0.6 is 0 Å².